The highest BCUT2D eigenvalue weighted by Gasteiger charge is 2.31. The van der Waals surface area contributed by atoms with Gasteiger partial charge in [-0.1, -0.05) is 6.92 Å². The van der Waals surface area contributed by atoms with Crippen LogP contribution in [0.4, 0.5) is 0 Å². The van der Waals surface area contributed by atoms with Crippen LogP contribution < -0.4 is 5.32 Å². The molecule has 18 heavy (non-hydrogen) atoms. The third-order valence-electron chi connectivity index (χ3n) is 2.81. The first-order chi connectivity index (χ1) is 8.58. The molecule has 1 aromatic rings. The van der Waals surface area contributed by atoms with Crippen molar-refractivity contribution in [2.75, 3.05) is 12.3 Å². The summed E-state index contributed by atoms with van der Waals surface area (Å²) in [7, 11) is 0. The standard InChI is InChI=1S/C13H21NO3S/c1-3-7-14-13(2,12(15)16)6-9-18-10-11-5-4-8-17-11/h4-5,8,14H,3,6-7,9-10H2,1-2H3,(H,15,16). The Bertz CT molecular complexity index is 353. The fraction of sp³-hybridized carbons (Fsp3) is 0.615. The van der Waals surface area contributed by atoms with Crippen LogP contribution in [0.3, 0.4) is 0 Å². The van der Waals surface area contributed by atoms with Crippen molar-refractivity contribution in [1.82, 2.24) is 5.32 Å². The van der Waals surface area contributed by atoms with Crippen LogP contribution in [0.2, 0.25) is 0 Å². The van der Waals surface area contributed by atoms with Gasteiger partial charge >= 0.3 is 5.97 Å². The average molecular weight is 271 g/mol. The molecule has 0 aliphatic heterocycles. The molecule has 1 unspecified atom stereocenters. The lowest BCUT2D eigenvalue weighted by Crippen LogP contribution is -2.50. The third kappa shape index (κ3) is 4.74. The molecule has 0 bridgehead atoms. The molecule has 0 aliphatic rings. The number of furan rings is 1. The quantitative estimate of drug-likeness (QED) is 0.676. The van der Waals surface area contributed by atoms with Crippen molar-refractivity contribution in [2.24, 2.45) is 0 Å². The van der Waals surface area contributed by atoms with Crippen molar-refractivity contribution >= 4 is 17.7 Å². The molecule has 0 aliphatic carbocycles. The fourth-order valence-corrected chi connectivity index (χ4v) is 2.58. The minimum atomic E-state index is -0.827. The third-order valence-corrected chi connectivity index (χ3v) is 3.79. The fourth-order valence-electron chi connectivity index (χ4n) is 1.52. The molecule has 1 heterocycles. The number of carboxylic acids is 1. The molecular weight excluding hydrogens is 250 g/mol. The maximum Gasteiger partial charge on any atom is 0.323 e. The van der Waals surface area contributed by atoms with Gasteiger partial charge in [-0.05, 0) is 44.2 Å². The van der Waals surface area contributed by atoms with Crippen LogP contribution in [0.5, 0.6) is 0 Å². The Labute approximate surface area is 112 Å². The largest absolute Gasteiger partial charge is 0.480 e. The Hall–Kier alpha value is -0.940. The number of hydrogen-bond donors (Lipinski definition) is 2. The van der Waals surface area contributed by atoms with Gasteiger partial charge in [-0.15, -0.1) is 0 Å². The second-order valence-electron chi connectivity index (χ2n) is 4.45. The number of rotatable bonds is 9. The summed E-state index contributed by atoms with van der Waals surface area (Å²) in [5.41, 5.74) is -0.827. The van der Waals surface area contributed by atoms with E-state index in [-0.39, 0.29) is 0 Å². The van der Waals surface area contributed by atoms with Crippen LogP contribution >= 0.6 is 11.8 Å². The summed E-state index contributed by atoms with van der Waals surface area (Å²) in [6.07, 6.45) is 3.19. The molecule has 1 rings (SSSR count). The van der Waals surface area contributed by atoms with Crippen LogP contribution in [0.15, 0.2) is 22.8 Å². The average Bonchev–Trinajstić information content (AvgIpc) is 2.85. The lowest BCUT2D eigenvalue weighted by Gasteiger charge is -2.26. The Morgan fingerprint density at radius 1 is 1.61 bits per heavy atom. The minimum Gasteiger partial charge on any atom is -0.480 e. The van der Waals surface area contributed by atoms with Crippen LogP contribution in [0.25, 0.3) is 0 Å². The Balaban J connectivity index is 2.31. The van der Waals surface area contributed by atoms with Gasteiger partial charge in [0, 0.05) is 0 Å². The Kier molecular flexibility index (Phi) is 6.29. The van der Waals surface area contributed by atoms with Gasteiger partial charge in [0.2, 0.25) is 0 Å². The normalized spacial score (nSPS) is 14.3. The van der Waals surface area contributed by atoms with Crippen LogP contribution in [-0.4, -0.2) is 28.9 Å². The number of carbonyl (C=O) groups is 1. The van der Waals surface area contributed by atoms with Gasteiger partial charge in [-0.25, -0.2) is 0 Å². The summed E-state index contributed by atoms with van der Waals surface area (Å²) in [4.78, 5) is 11.3. The summed E-state index contributed by atoms with van der Waals surface area (Å²) < 4.78 is 5.23. The van der Waals surface area contributed by atoms with E-state index in [2.05, 4.69) is 5.32 Å². The van der Waals surface area contributed by atoms with E-state index in [0.717, 1.165) is 30.2 Å². The second-order valence-corrected chi connectivity index (χ2v) is 5.55. The lowest BCUT2D eigenvalue weighted by molar-refractivity contribution is -0.144. The first-order valence-corrected chi connectivity index (χ1v) is 7.32. The maximum atomic E-state index is 11.3. The molecule has 0 spiro atoms. The first kappa shape index (κ1) is 15.1. The number of nitrogens with one attached hydrogen (secondary N) is 1. The zero-order chi connectivity index (χ0) is 13.4. The minimum absolute atomic E-state index is 0.605. The van der Waals surface area contributed by atoms with Gasteiger partial charge in [-0.3, -0.25) is 4.79 Å². The molecule has 1 aromatic heterocycles. The molecule has 0 saturated heterocycles. The van der Waals surface area contributed by atoms with Gasteiger partial charge < -0.3 is 14.8 Å². The van der Waals surface area contributed by atoms with E-state index in [9.17, 15) is 9.90 Å². The summed E-state index contributed by atoms with van der Waals surface area (Å²) in [6.45, 7) is 4.50. The molecule has 0 fully saturated rings. The van der Waals surface area contributed by atoms with Crippen molar-refractivity contribution in [3.8, 4) is 0 Å². The van der Waals surface area contributed by atoms with Crippen LogP contribution in [0, 0.1) is 0 Å². The van der Waals surface area contributed by atoms with E-state index in [1.165, 1.54) is 0 Å². The predicted octanol–water partition coefficient (Wildman–Crippen LogP) is 2.75. The van der Waals surface area contributed by atoms with Crippen molar-refractivity contribution in [3.63, 3.8) is 0 Å². The zero-order valence-electron chi connectivity index (χ0n) is 10.9. The smallest absolute Gasteiger partial charge is 0.323 e. The van der Waals surface area contributed by atoms with E-state index in [4.69, 9.17) is 4.42 Å². The highest BCUT2D eigenvalue weighted by Crippen LogP contribution is 2.18. The maximum absolute atomic E-state index is 11.3. The Morgan fingerprint density at radius 2 is 2.39 bits per heavy atom. The Morgan fingerprint density at radius 3 is 2.94 bits per heavy atom. The topological polar surface area (TPSA) is 62.5 Å². The van der Waals surface area contributed by atoms with E-state index in [1.54, 1.807) is 24.9 Å². The molecule has 4 nitrogen and oxygen atoms in total. The van der Waals surface area contributed by atoms with Gasteiger partial charge in [0.05, 0.1) is 12.0 Å². The summed E-state index contributed by atoms with van der Waals surface area (Å²) >= 11 is 1.69. The second kappa shape index (κ2) is 7.48. The monoisotopic (exact) mass is 271 g/mol. The number of thioether (sulfide) groups is 1. The molecule has 1 atom stereocenters. The van der Waals surface area contributed by atoms with Crippen LogP contribution in [-0.2, 0) is 10.5 Å². The number of hydrogen-bond acceptors (Lipinski definition) is 4. The molecular formula is C13H21NO3S. The highest BCUT2D eigenvalue weighted by atomic mass is 32.2. The van der Waals surface area contributed by atoms with Crippen molar-refractivity contribution in [2.45, 2.75) is 38.0 Å². The van der Waals surface area contributed by atoms with Crippen LogP contribution in [0.1, 0.15) is 32.4 Å². The van der Waals surface area contributed by atoms with Crippen molar-refractivity contribution in [1.29, 1.82) is 0 Å². The molecule has 0 amide bonds. The first-order valence-electron chi connectivity index (χ1n) is 6.17. The molecule has 0 radical (unpaired) electrons. The van der Waals surface area contributed by atoms with Gasteiger partial charge in [-0.2, -0.15) is 11.8 Å². The van der Waals surface area contributed by atoms with Crippen molar-refractivity contribution < 1.29 is 14.3 Å². The molecule has 0 aromatic carbocycles. The van der Waals surface area contributed by atoms with E-state index >= 15 is 0 Å². The van der Waals surface area contributed by atoms with Gasteiger partial charge in [0.15, 0.2) is 0 Å². The van der Waals surface area contributed by atoms with E-state index in [0.29, 0.717) is 6.42 Å². The number of aliphatic carboxylic acids is 1. The zero-order valence-corrected chi connectivity index (χ0v) is 11.8. The summed E-state index contributed by atoms with van der Waals surface area (Å²) in [6, 6.07) is 3.79. The van der Waals surface area contributed by atoms with Gasteiger partial charge in [0.1, 0.15) is 11.3 Å². The summed E-state index contributed by atoms with van der Waals surface area (Å²) in [5, 5.41) is 12.4. The lowest BCUT2D eigenvalue weighted by atomic mass is 9.99. The summed E-state index contributed by atoms with van der Waals surface area (Å²) in [5.74, 6) is 1.73. The highest BCUT2D eigenvalue weighted by molar-refractivity contribution is 7.98. The SMILES string of the molecule is CCCNC(C)(CCSCc1ccco1)C(=O)O. The van der Waals surface area contributed by atoms with E-state index in [1.807, 2.05) is 19.1 Å². The number of carboxylic acid groups (broad SMARTS) is 1. The molecule has 5 heteroatoms. The molecule has 2 N–H and O–H groups in total. The van der Waals surface area contributed by atoms with E-state index < -0.39 is 11.5 Å². The predicted molar refractivity (Wildman–Crippen MR) is 73.8 cm³/mol. The van der Waals surface area contributed by atoms with Crippen molar-refractivity contribution in [3.05, 3.63) is 24.2 Å². The molecule has 102 valence electrons. The van der Waals surface area contributed by atoms with Gasteiger partial charge in [0.25, 0.3) is 0 Å². The molecule has 0 saturated carbocycles.